The lowest BCUT2D eigenvalue weighted by Gasteiger charge is -2.32. The molecule has 1 amide bonds. The Morgan fingerprint density at radius 1 is 1.19 bits per heavy atom. The van der Waals surface area contributed by atoms with E-state index >= 15 is 0 Å². The van der Waals surface area contributed by atoms with E-state index in [1.54, 1.807) is 19.3 Å². The van der Waals surface area contributed by atoms with Gasteiger partial charge in [-0.15, -0.1) is 0 Å². The third-order valence-electron chi connectivity index (χ3n) is 5.07. The highest BCUT2D eigenvalue weighted by Crippen LogP contribution is 2.16. The van der Waals surface area contributed by atoms with E-state index in [1.165, 1.54) is 0 Å². The molecule has 0 unspecified atom stereocenters. The van der Waals surface area contributed by atoms with Crippen molar-refractivity contribution in [2.45, 2.75) is 38.6 Å². The first-order chi connectivity index (χ1) is 13.0. The molecule has 5 nitrogen and oxygen atoms in total. The molecule has 1 aliphatic rings. The Balaban J connectivity index is 1.36. The summed E-state index contributed by atoms with van der Waals surface area (Å²) in [6.45, 7) is 4.61. The van der Waals surface area contributed by atoms with Gasteiger partial charge in [-0.05, 0) is 50.9 Å². The van der Waals surface area contributed by atoms with Gasteiger partial charge in [0.15, 0.2) is 5.78 Å². The Kier molecular flexibility index (Phi) is 6.85. The van der Waals surface area contributed by atoms with Crippen molar-refractivity contribution in [2.24, 2.45) is 0 Å². The van der Waals surface area contributed by atoms with Gasteiger partial charge >= 0.3 is 0 Å². The van der Waals surface area contributed by atoms with E-state index < -0.39 is 0 Å². The number of Topliss-reactive ketones (excluding diaryl/α,β-unsaturated/α-hetero) is 1. The molecule has 0 aliphatic carbocycles. The molecule has 1 saturated heterocycles. The lowest BCUT2D eigenvalue weighted by molar-refractivity contribution is 0.0901. The maximum atomic E-state index is 12.3. The summed E-state index contributed by atoms with van der Waals surface area (Å²) >= 11 is 3.38. The zero-order chi connectivity index (χ0) is 19.2. The molecule has 2 heterocycles. The smallest absolute Gasteiger partial charge is 0.255 e. The van der Waals surface area contributed by atoms with Gasteiger partial charge in [-0.25, -0.2) is 0 Å². The first-order valence-corrected chi connectivity index (χ1v) is 10.2. The summed E-state index contributed by atoms with van der Waals surface area (Å²) < 4.78 is 6.18. The van der Waals surface area contributed by atoms with Crippen LogP contribution in [0.3, 0.4) is 0 Å². The Hall–Kier alpha value is -1.92. The van der Waals surface area contributed by atoms with Crippen molar-refractivity contribution >= 4 is 27.6 Å². The van der Waals surface area contributed by atoms with Gasteiger partial charge in [-0.2, -0.15) is 0 Å². The first-order valence-electron chi connectivity index (χ1n) is 9.39. The minimum Gasteiger partial charge on any atom is -0.469 e. The van der Waals surface area contributed by atoms with E-state index in [4.69, 9.17) is 4.42 Å². The number of nitrogens with one attached hydrogen (secondary N) is 1. The SMILES string of the molecule is Cc1occc1C(=O)NC1CCN(CCCC(=O)c2ccc(Br)cc2)CC1. The highest BCUT2D eigenvalue weighted by molar-refractivity contribution is 9.10. The molecule has 1 aromatic heterocycles. The number of ketones is 1. The average molecular weight is 433 g/mol. The molecule has 0 atom stereocenters. The van der Waals surface area contributed by atoms with Crippen LogP contribution in [-0.4, -0.2) is 42.3 Å². The second-order valence-corrected chi connectivity index (χ2v) is 7.93. The summed E-state index contributed by atoms with van der Waals surface area (Å²) in [6.07, 6.45) is 4.84. The fourth-order valence-corrected chi connectivity index (χ4v) is 3.69. The van der Waals surface area contributed by atoms with Crippen LogP contribution in [-0.2, 0) is 0 Å². The standard InChI is InChI=1S/C21H25BrN2O3/c1-15-19(10-14-27-15)21(26)23-18-8-12-24(13-9-18)11-2-3-20(25)16-4-6-17(22)7-5-16/h4-7,10,14,18H,2-3,8-9,11-13H2,1H3,(H,23,26). The number of halogens is 1. The zero-order valence-corrected chi connectivity index (χ0v) is 17.1. The van der Waals surface area contributed by atoms with Crippen molar-refractivity contribution in [2.75, 3.05) is 19.6 Å². The number of benzene rings is 1. The lowest BCUT2D eigenvalue weighted by Crippen LogP contribution is -2.44. The highest BCUT2D eigenvalue weighted by Gasteiger charge is 2.22. The second-order valence-electron chi connectivity index (χ2n) is 7.01. The van der Waals surface area contributed by atoms with E-state index in [1.807, 2.05) is 24.3 Å². The van der Waals surface area contributed by atoms with Crippen LogP contribution in [0.25, 0.3) is 0 Å². The number of furan rings is 1. The maximum absolute atomic E-state index is 12.3. The number of likely N-dealkylation sites (tertiary alicyclic amines) is 1. The van der Waals surface area contributed by atoms with Crippen LogP contribution in [0.4, 0.5) is 0 Å². The molecule has 1 N–H and O–H groups in total. The van der Waals surface area contributed by atoms with Gasteiger partial charge in [-0.1, -0.05) is 28.1 Å². The highest BCUT2D eigenvalue weighted by atomic mass is 79.9. The van der Waals surface area contributed by atoms with Gasteiger partial charge in [0.05, 0.1) is 11.8 Å². The number of carbonyl (C=O) groups excluding carboxylic acids is 2. The zero-order valence-electron chi connectivity index (χ0n) is 15.5. The van der Waals surface area contributed by atoms with Crippen molar-refractivity contribution in [3.05, 3.63) is 58.0 Å². The van der Waals surface area contributed by atoms with Gasteiger partial charge in [0, 0.05) is 35.6 Å². The number of hydrogen-bond donors (Lipinski definition) is 1. The molecule has 144 valence electrons. The summed E-state index contributed by atoms with van der Waals surface area (Å²) in [5.41, 5.74) is 1.39. The third kappa shape index (κ3) is 5.53. The Morgan fingerprint density at radius 2 is 1.89 bits per heavy atom. The molecule has 3 rings (SSSR count). The predicted molar refractivity (Wildman–Crippen MR) is 108 cm³/mol. The van der Waals surface area contributed by atoms with E-state index in [0.717, 1.165) is 48.9 Å². The minimum absolute atomic E-state index is 0.0557. The van der Waals surface area contributed by atoms with Crippen molar-refractivity contribution in [3.8, 4) is 0 Å². The van der Waals surface area contributed by atoms with Crippen LogP contribution in [0.2, 0.25) is 0 Å². The van der Waals surface area contributed by atoms with Crippen LogP contribution in [0.1, 0.15) is 52.2 Å². The molecule has 27 heavy (non-hydrogen) atoms. The molecule has 0 spiro atoms. The third-order valence-corrected chi connectivity index (χ3v) is 5.60. The van der Waals surface area contributed by atoms with E-state index in [0.29, 0.717) is 17.7 Å². The van der Waals surface area contributed by atoms with Crippen molar-refractivity contribution < 1.29 is 14.0 Å². The molecular formula is C21H25BrN2O3. The number of hydrogen-bond acceptors (Lipinski definition) is 4. The second kappa shape index (κ2) is 9.33. The van der Waals surface area contributed by atoms with Gasteiger partial charge < -0.3 is 14.6 Å². The number of amides is 1. The van der Waals surface area contributed by atoms with Crippen LogP contribution in [0, 0.1) is 6.92 Å². The molecule has 0 saturated carbocycles. The van der Waals surface area contributed by atoms with E-state index in [2.05, 4.69) is 26.1 Å². The van der Waals surface area contributed by atoms with Crippen LogP contribution >= 0.6 is 15.9 Å². The summed E-state index contributed by atoms with van der Waals surface area (Å²) in [7, 11) is 0. The van der Waals surface area contributed by atoms with Crippen LogP contribution < -0.4 is 5.32 Å². The molecule has 0 bridgehead atoms. The largest absolute Gasteiger partial charge is 0.469 e. The van der Waals surface area contributed by atoms with Gasteiger partial charge in [0.25, 0.3) is 5.91 Å². The number of nitrogens with zero attached hydrogens (tertiary/aromatic N) is 1. The lowest BCUT2D eigenvalue weighted by atomic mass is 10.0. The first kappa shape index (κ1) is 19.8. The Morgan fingerprint density at radius 3 is 2.52 bits per heavy atom. The van der Waals surface area contributed by atoms with E-state index in [9.17, 15) is 9.59 Å². The summed E-state index contributed by atoms with van der Waals surface area (Å²) in [5, 5.41) is 3.10. The quantitative estimate of drug-likeness (QED) is 0.665. The Labute approximate surface area is 168 Å². The van der Waals surface area contributed by atoms with Gasteiger partial charge in [-0.3, -0.25) is 9.59 Å². The topological polar surface area (TPSA) is 62.6 Å². The van der Waals surface area contributed by atoms with Crippen molar-refractivity contribution in [1.82, 2.24) is 10.2 Å². The fraction of sp³-hybridized carbons (Fsp3) is 0.429. The van der Waals surface area contributed by atoms with Crippen molar-refractivity contribution in [3.63, 3.8) is 0 Å². The van der Waals surface area contributed by atoms with E-state index in [-0.39, 0.29) is 17.7 Å². The van der Waals surface area contributed by atoms with Crippen LogP contribution in [0.15, 0.2) is 45.5 Å². The fourth-order valence-electron chi connectivity index (χ4n) is 3.43. The molecule has 1 fully saturated rings. The molecule has 0 radical (unpaired) electrons. The Bertz CT molecular complexity index is 777. The number of piperidine rings is 1. The normalized spacial score (nSPS) is 15.6. The molecule has 6 heteroatoms. The van der Waals surface area contributed by atoms with Gasteiger partial charge in [0.1, 0.15) is 5.76 Å². The van der Waals surface area contributed by atoms with Crippen LogP contribution in [0.5, 0.6) is 0 Å². The summed E-state index contributed by atoms with van der Waals surface area (Å²) in [5.74, 6) is 0.792. The predicted octanol–water partition coefficient (Wildman–Crippen LogP) is 4.21. The maximum Gasteiger partial charge on any atom is 0.255 e. The van der Waals surface area contributed by atoms with Gasteiger partial charge in [0.2, 0.25) is 0 Å². The minimum atomic E-state index is -0.0557. The van der Waals surface area contributed by atoms with Crippen molar-refractivity contribution in [1.29, 1.82) is 0 Å². The molecule has 2 aromatic rings. The monoisotopic (exact) mass is 432 g/mol. The summed E-state index contributed by atoms with van der Waals surface area (Å²) in [6, 6.07) is 9.44. The molecule has 1 aromatic carbocycles. The summed E-state index contributed by atoms with van der Waals surface area (Å²) in [4.78, 5) is 26.9. The number of rotatable bonds is 7. The number of aryl methyl sites for hydroxylation is 1. The average Bonchev–Trinajstić information content (AvgIpc) is 3.10. The molecular weight excluding hydrogens is 408 g/mol. The number of carbonyl (C=O) groups is 2. The molecule has 1 aliphatic heterocycles.